The molecule has 2 amide bonds. The van der Waals surface area contributed by atoms with Gasteiger partial charge in [-0.1, -0.05) is 41.4 Å². The predicted octanol–water partition coefficient (Wildman–Crippen LogP) is 5.90. The van der Waals surface area contributed by atoms with Crippen molar-refractivity contribution in [3.63, 3.8) is 0 Å². The molecule has 1 heterocycles. The summed E-state index contributed by atoms with van der Waals surface area (Å²) in [6.07, 6.45) is 0.867. The lowest BCUT2D eigenvalue weighted by Crippen LogP contribution is -2.39. The smallest absolute Gasteiger partial charge is 0.258 e. The molecule has 1 unspecified atom stereocenters. The molecule has 0 spiro atoms. The van der Waals surface area contributed by atoms with Crippen LogP contribution in [0.25, 0.3) is 0 Å². The van der Waals surface area contributed by atoms with Crippen LogP contribution in [-0.4, -0.2) is 37.4 Å². The molecule has 7 heteroatoms. The van der Waals surface area contributed by atoms with Gasteiger partial charge in [0.15, 0.2) is 0 Å². The lowest BCUT2D eigenvalue weighted by Gasteiger charge is -2.37. The number of hydrogen-bond acceptors (Lipinski definition) is 3. The fraction of sp³-hybridized carbons (Fsp3) is 0.200. The first-order valence-electron chi connectivity index (χ1n) is 10.3. The molecule has 1 N–H and O–H groups in total. The summed E-state index contributed by atoms with van der Waals surface area (Å²) in [5.41, 5.74) is 3.60. The Hall–Kier alpha value is -2.86. The zero-order valence-corrected chi connectivity index (χ0v) is 19.3. The summed E-state index contributed by atoms with van der Waals surface area (Å²) in [5, 5.41) is 3.59. The highest BCUT2D eigenvalue weighted by atomic mass is 35.5. The van der Waals surface area contributed by atoms with Crippen molar-refractivity contribution < 1.29 is 9.59 Å². The first-order chi connectivity index (χ1) is 15.3. The number of fused-ring (bicyclic) bond motifs is 1. The summed E-state index contributed by atoms with van der Waals surface area (Å²) in [7, 11) is 4.12. The van der Waals surface area contributed by atoms with Crippen LogP contribution in [0, 0.1) is 0 Å². The van der Waals surface area contributed by atoms with E-state index in [9.17, 15) is 9.59 Å². The van der Waals surface area contributed by atoms with Crippen molar-refractivity contribution in [1.82, 2.24) is 4.90 Å². The molecule has 0 fully saturated rings. The SMILES string of the molecule is CN(C)C1CCN(C(=O)c2ccc(NC(=O)c3cc(Cl)cc(Cl)c3)cc2)c2ccccc21. The number of halogens is 2. The fourth-order valence-corrected chi connectivity index (χ4v) is 4.56. The van der Waals surface area contributed by atoms with E-state index in [1.807, 2.05) is 23.1 Å². The van der Waals surface area contributed by atoms with E-state index in [0.717, 1.165) is 17.7 Å². The summed E-state index contributed by atoms with van der Waals surface area (Å²) in [4.78, 5) is 29.8. The topological polar surface area (TPSA) is 52.6 Å². The molecule has 0 aliphatic carbocycles. The van der Waals surface area contributed by atoms with Crippen LogP contribution >= 0.6 is 23.2 Å². The maximum atomic E-state index is 13.3. The number of anilines is 2. The average Bonchev–Trinajstić information content (AvgIpc) is 2.77. The van der Waals surface area contributed by atoms with Crippen molar-refractivity contribution in [3.05, 3.63) is 93.5 Å². The number of hydrogen-bond donors (Lipinski definition) is 1. The van der Waals surface area contributed by atoms with Crippen molar-refractivity contribution in [2.24, 2.45) is 0 Å². The zero-order chi connectivity index (χ0) is 22.8. The molecule has 0 aromatic heterocycles. The van der Waals surface area contributed by atoms with E-state index < -0.39 is 0 Å². The molecule has 0 saturated carbocycles. The largest absolute Gasteiger partial charge is 0.322 e. The molecule has 0 radical (unpaired) electrons. The van der Waals surface area contributed by atoms with E-state index in [2.05, 4.69) is 30.4 Å². The number of nitrogens with zero attached hydrogens (tertiary/aromatic N) is 2. The van der Waals surface area contributed by atoms with Crippen molar-refractivity contribution in [2.75, 3.05) is 30.9 Å². The van der Waals surface area contributed by atoms with Crippen LogP contribution in [-0.2, 0) is 0 Å². The van der Waals surface area contributed by atoms with Gasteiger partial charge >= 0.3 is 0 Å². The van der Waals surface area contributed by atoms with Gasteiger partial charge in [-0.2, -0.15) is 0 Å². The van der Waals surface area contributed by atoms with Gasteiger partial charge in [0, 0.05) is 45.1 Å². The second-order valence-corrected chi connectivity index (χ2v) is 8.85. The van der Waals surface area contributed by atoms with Crippen LogP contribution < -0.4 is 10.2 Å². The van der Waals surface area contributed by atoms with Crippen molar-refractivity contribution in [2.45, 2.75) is 12.5 Å². The molecule has 0 bridgehead atoms. The van der Waals surface area contributed by atoms with Gasteiger partial charge in [-0.3, -0.25) is 9.59 Å². The van der Waals surface area contributed by atoms with Gasteiger partial charge in [0.2, 0.25) is 0 Å². The van der Waals surface area contributed by atoms with Gasteiger partial charge in [-0.05, 0) is 74.6 Å². The summed E-state index contributed by atoms with van der Waals surface area (Å²) in [6.45, 7) is 0.646. The van der Waals surface area contributed by atoms with Gasteiger partial charge in [0.05, 0.1) is 0 Å². The van der Waals surface area contributed by atoms with E-state index in [4.69, 9.17) is 23.2 Å². The second kappa shape index (κ2) is 9.33. The minimum atomic E-state index is -0.326. The maximum absolute atomic E-state index is 13.3. The van der Waals surface area contributed by atoms with Gasteiger partial charge in [0.1, 0.15) is 0 Å². The predicted molar refractivity (Wildman–Crippen MR) is 130 cm³/mol. The van der Waals surface area contributed by atoms with Crippen LogP contribution in [0.3, 0.4) is 0 Å². The Balaban J connectivity index is 1.51. The van der Waals surface area contributed by atoms with Crippen molar-refractivity contribution >= 4 is 46.4 Å². The van der Waals surface area contributed by atoms with Gasteiger partial charge in [-0.25, -0.2) is 0 Å². The maximum Gasteiger partial charge on any atom is 0.258 e. The first-order valence-corrected chi connectivity index (χ1v) is 11.0. The van der Waals surface area contributed by atoms with Crippen LogP contribution in [0.15, 0.2) is 66.7 Å². The molecule has 0 saturated heterocycles. The minimum absolute atomic E-state index is 0.0610. The normalized spacial score (nSPS) is 15.4. The molecule has 1 aliphatic heterocycles. The van der Waals surface area contributed by atoms with Gasteiger partial charge in [-0.15, -0.1) is 0 Å². The highest BCUT2D eigenvalue weighted by molar-refractivity contribution is 6.35. The van der Waals surface area contributed by atoms with E-state index >= 15 is 0 Å². The Kier molecular flexibility index (Phi) is 6.51. The molecule has 4 rings (SSSR count). The highest BCUT2D eigenvalue weighted by Gasteiger charge is 2.29. The van der Waals surface area contributed by atoms with Crippen molar-refractivity contribution in [1.29, 1.82) is 0 Å². The van der Waals surface area contributed by atoms with Crippen LogP contribution in [0.4, 0.5) is 11.4 Å². The Morgan fingerprint density at radius 3 is 2.25 bits per heavy atom. The van der Waals surface area contributed by atoms with E-state index in [1.54, 1.807) is 42.5 Å². The van der Waals surface area contributed by atoms with Crippen LogP contribution in [0.1, 0.15) is 38.7 Å². The number of benzene rings is 3. The number of carbonyl (C=O) groups excluding carboxylic acids is 2. The van der Waals surface area contributed by atoms with E-state index in [1.165, 1.54) is 0 Å². The molecule has 1 atom stereocenters. The third kappa shape index (κ3) is 4.65. The van der Waals surface area contributed by atoms with E-state index in [-0.39, 0.29) is 17.9 Å². The summed E-state index contributed by atoms with van der Waals surface area (Å²) >= 11 is 12.0. The Morgan fingerprint density at radius 1 is 0.938 bits per heavy atom. The summed E-state index contributed by atoms with van der Waals surface area (Å²) < 4.78 is 0. The second-order valence-electron chi connectivity index (χ2n) is 7.97. The molecular weight excluding hydrogens is 445 g/mol. The Morgan fingerprint density at radius 2 is 1.59 bits per heavy atom. The average molecular weight is 468 g/mol. The standard InChI is InChI=1S/C25H23Cl2N3O2/c1-29(2)22-11-12-30(23-6-4-3-5-21(22)23)25(32)16-7-9-20(10-8-16)28-24(31)17-13-18(26)15-19(27)14-17/h3-10,13-15,22H,11-12H2,1-2H3,(H,28,31). The molecule has 5 nitrogen and oxygen atoms in total. The molecule has 3 aromatic carbocycles. The van der Waals surface area contributed by atoms with Crippen molar-refractivity contribution in [3.8, 4) is 0 Å². The van der Waals surface area contributed by atoms with Gasteiger partial charge < -0.3 is 15.1 Å². The number of nitrogens with one attached hydrogen (secondary N) is 1. The fourth-order valence-electron chi connectivity index (χ4n) is 4.03. The van der Waals surface area contributed by atoms with Crippen LogP contribution in [0.5, 0.6) is 0 Å². The summed E-state index contributed by atoms with van der Waals surface area (Å²) in [6, 6.07) is 19.9. The first kappa shape index (κ1) is 22.3. The van der Waals surface area contributed by atoms with Gasteiger partial charge in [0.25, 0.3) is 11.8 Å². The molecule has 1 aliphatic rings. The zero-order valence-electron chi connectivity index (χ0n) is 17.8. The van der Waals surface area contributed by atoms with Crippen LogP contribution in [0.2, 0.25) is 10.0 Å². The lowest BCUT2D eigenvalue weighted by atomic mass is 9.95. The number of amides is 2. The number of rotatable bonds is 4. The summed E-state index contributed by atoms with van der Waals surface area (Å²) in [5.74, 6) is -0.387. The third-order valence-corrected chi connectivity index (χ3v) is 6.03. The Bertz CT molecular complexity index is 1140. The molecule has 164 valence electrons. The monoisotopic (exact) mass is 467 g/mol. The highest BCUT2D eigenvalue weighted by Crippen LogP contribution is 2.37. The third-order valence-electron chi connectivity index (χ3n) is 5.60. The minimum Gasteiger partial charge on any atom is -0.322 e. The number of carbonyl (C=O) groups is 2. The molecule has 3 aromatic rings. The molecular formula is C25H23Cl2N3O2. The lowest BCUT2D eigenvalue weighted by molar-refractivity contribution is 0.0979. The van der Waals surface area contributed by atoms with E-state index in [0.29, 0.717) is 33.4 Å². The number of para-hydroxylation sites is 1. The quantitative estimate of drug-likeness (QED) is 0.519. The Labute approximate surface area is 197 Å². The molecule has 32 heavy (non-hydrogen) atoms.